The van der Waals surface area contributed by atoms with Gasteiger partial charge in [-0.3, -0.25) is 9.58 Å². The Hall–Kier alpha value is -1.65. The van der Waals surface area contributed by atoms with Gasteiger partial charge in [-0.2, -0.15) is 5.10 Å². The number of aromatic nitrogens is 2. The summed E-state index contributed by atoms with van der Waals surface area (Å²) in [5, 5.41) is 13.9. The normalized spacial score (nSPS) is 11.3. The summed E-state index contributed by atoms with van der Waals surface area (Å²) in [7, 11) is 0. The minimum Gasteiger partial charge on any atom is -0.395 e. The molecular formula is C18H27N3O. The number of rotatable bonds is 8. The molecular weight excluding hydrogens is 274 g/mol. The lowest BCUT2D eigenvalue weighted by Crippen LogP contribution is -2.27. The van der Waals surface area contributed by atoms with Crippen molar-refractivity contribution >= 4 is 0 Å². The summed E-state index contributed by atoms with van der Waals surface area (Å²) in [6.07, 6.45) is 1.09. The number of aryl methyl sites for hydroxylation is 1. The Morgan fingerprint density at radius 2 is 1.86 bits per heavy atom. The zero-order valence-electron chi connectivity index (χ0n) is 13.9. The van der Waals surface area contributed by atoms with Gasteiger partial charge in [-0.15, -0.1) is 0 Å². The maximum Gasteiger partial charge on any atom is 0.0662 e. The fourth-order valence-corrected chi connectivity index (χ4v) is 2.82. The van der Waals surface area contributed by atoms with E-state index in [4.69, 9.17) is 5.10 Å². The molecule has 2 aromatic rings. The van der Waals surface area contributed by atoms with Crippen molar-refractivity contribution in [3.05, 3.63) is 52.8 Å². The van der Waals surface area contributed by atoms with E-state index in [2.05, 4.69) is 54.6 Å². The van der Waals surface area contributed by atoms with Gasteiger partial charge in [0.2, 0.25) is 0 Å². The van der Waals surface area contributed by atoms with Gasteiger partial charge in [0.15, 0.2) is 0 Å². The molecule has 1 heterocycles. The zero-order valence-corrected chi connectivity index (χ0v) is 13.9. The summed E-state index contributed by atoms with van der Waals surface area (Å²) in [6, 6.07) is 10.4. The quantitative estimate of drug-likeness (QED) is 0.815. The summed E-state index contributed by atoms with van der Waals surface area (Å²) in [5.41, 5.74) is 4.87. The molecule has 1 N–H and O–H groups in total. The number of hydrogen-bond acceptors (Lipinski definition) is 3. The number of nitrogens with zero attached hydrogens (tertiary/aromatic N) is 3. The molecule has 0 fully saturated rings. The van der Waals surface area contributed by atoms with Crippen LogP contribution in [0.2, 0.25) is 0 Å². The van der Waals surface area contributed by atoms with Crippen LogP contribution in [0.15, 0.2) is 30.3 Å². The highest BCUT2D eigenvalue weighted by Crippen LogP contribution is 2.17. The van der Waals surface area contributed by atoms with Crippen LogP contribution < -0.4 is 0 Å². The Morgan fingerprint density at radius 1 is 1.14 bits per heavy atom. The van der Waals surface area contributed by atoms with Crippen LogP contribution in [-0.2, 0) is 13.1 Å². The van der Waals surface area contributed by atoms with Crippen LogP contribution in [0.4, 0.5) is 0 Å². The van der Waals surface area contributed by atoms with Crippen molar-refractivity contribution in [2.45, 2.75) is 40.3 Å². The van der Waals surface area contributed by atoms with Crippen LogP contribution in [0, 0.1) is 13.8 Å². The third-order valence-electron chi connectivity index (χ3n) is 4.04. The van der Waals surface area contributed by atoms with Crippen molar-refractivity contribution < 1.29 is 5.11 Å². The summed E-state index contributed by atoms with van der Waals surface area (Å²) >= 11 is 0. The van der Waals surface area contributed by atoms with Gasteiger partial charge in [0, 0.05) is 24.3 Å². The summed E-state index contributed by atoms with van der Waals surface area (Å²) in [5.74, 6) is 0. The number of aliphatic hydroxyl groups excluding tert-OH is 1. The van der Waals surface area contributed by atoms with Crippen molar-refractivity contribution in [2.75, 3.05) is 19.7 Å². The molecule has 1 aromatic heterocycles. The molecule has 0 spiro atoms. The van der Waals surface area contributed by atoms with E-state index < -0.39 is 0 Å². The first-order valence-corrected chi connectivity index (χ1v) is 8.05. The van der Waals surface area contributed by atoms with Crippen molar-refractivity contribution in [3.63, 3.8) is 0 Å². The van der Waals surface area contributed by atoms with Crippen LogP contribution in [0.1, 0.15) is 35.9 Å². The van der Waals surface area contributed by atoms with E-state index in [0.29, 0.717) is 0 Å². The lowest BCUT2D eigenvalue weighted by Gasteiger charge is -2.20. The second-order valence-corrected chi connectivity index (χ2v) is 5.79. The van der Waals surface area contributed by atoms with Crippen LogP contribution in [0.25, 0.3) is 0 Å². The molecule has 0 aliphatic rings. The van der Waals surface area contributed by atoms with Gasteiger partial charge in [0.1, 0.15) is 0 Å². The van der Waals surface area contributed by atoms with E-state index in [-0.39, 0.29) is 6.61 Å². The SMILES string of the molecule is CCCN(CCO)Cc1c(C)nn(Cc2ccccc2)c1C. The average Bonchev–Trinajstić information content (AvgIpc) is 2.76. The van der Waals surface area contributed by atoms with Crippen molar-refractivity contribution in [1.82, 2.24) is 14.7 Å². The van der Waals surface area contributed by atoms with E-state index in [9.17, 15) is 5.11 Å². The Balaban J connectivity index is 2.15. The zero-order chi connectivity index (χ0) is 15.9. The molecule has 0 aliphatic carbocycles. The molecule has 120 valence electrons. The summed E-state index contributed by atoms with van der Waals surface area (Å²) in [4.78, 5) is 2.30. The molecule has 0 amide bonds. The van der Waals surface area contributed by atoms with Gasteiger partial charge in [0.05, 0.1) is 18.8 Å². The van der Waals surface area contributed by atoms with Gasteiger partial charge in [-0.25, -0.2) is 0 Å². The molecule has 4 nitrogen and oxygen atoms in total. The van der Waals surface area contributed by atoms with E-state index in [1.165, 1.54) is 16.8 Å². The molecule has 0 atom stereocenters. The Morgan fingerprint density at radius 3 is 2.50 bits per heavy atom. The number of hydrogen-bond donors (Lipinski definition) is 1. The third-order valence-corrected chi connectivity index (χ3v) is 4.04. The molecule has 2 rings (SSSR count). The maximum atomic E-state index is 9.22. The standard InChI is InChI=1S/C18H27N3O/c1-4-10-20(11-12-22)14-18-15(2)19-21(16(18)3)13-17-8-6-5-7-9-17/h5-9,22H,4,10-14H2,1-3H3. The van der Waals surface area contributed by atoms with Gasteiger partial charge in [-0.1, -0.05) is 37.3 Å². The second-order valence-electron chi connectivity index (χ2n) is 5.79. The molecule has 0 bridgehead atoms. The van der Waals surface area contributed by atoms with Crippen molar-refractivity contribution in [2.24, 2.45) is 0 Å². The first-order chi connectivity index (χ1) is 10.7. The molecule has 0 aliphatic heterocycles. The molecule has 4 heteroatoms. The predicted molar refractivity (Wildman–Crippen MR) is 89.9 cm³/mol. The molecule has 22 heavy (non-hydrogen) atoms. The Bertz CT molecular complexity index is 572. The molecule has 0 radical (unpaired) electrons. The van der Waals surface area contributed by atoms with Crippen molar-refractivity contribution in [1.29, 1.82) is 0 Å². The number of aliphatic hydroxyl groups is 1. The predicted octanol–water partition coefficient (Wildman–Crippen LogP) is 2.75. The van der Waals surface area contributed by atoms with E-state index in [1.807, 2.05) is 6.07 Å². The monoisotopic (exact) mass is 301 g/mol. The van der Waals surface area contributed by atoms with E-state index in [1.54, 1.807) is 0 Å². The van der Waals surface area contributed by atoms with E-state index in [0.717, 1.165) is 38.3 Å². The highest BCUT2D eigenvalue weighted by atomic mass is 16.3. The minimum atomic E-state index is 0.205. The summed E-state index contributed by atoms with van der Waals surface area (Å²) in [6.45, 7) is 9.98. The lowest BCUT2D eigenvalue weighted by atomic mass is 10.1. The van der Waals surface area contributed by atoms with E-state index >= 15 is 0 Å². The second kappa shape index (κ2) is 8.11. The van der Waals surface area contributed by atoms with Gasteiger partial charge < -0.3 is 5.11 Å². The lowest BCUT2D eigenvalue weighted by molar-refractivity contribution is 0.190. The van der Waals surface area contributed by atoms with Crippen LogP contribution in [0.5, 0.6) is 0 Å². The van der Waals surface area contributed by atoms with Crippen LogP contribution >= 0.6 is 0 Å². The fourth-order valence-electron chi connectivity index (χ4n) is 2.82. The highest BCUT2D eigenvalue weighted by molar-refractivity contribution is 5.26. The number of benzene rings is 1. The molecule has 0 saturated carbocycles. The first kappa shape index (κ1) is 16.7. The topological polar surface area (TPSA) is 41.3 Å². The molecule has 1 aromatic carbocycles. The largest absolute Gasteiger partial charge is 0.395 e. The molecule has 0 unspecified atom stereocenters. The maximum absolute atomic E-state index is 9.22. The fraction of sp³-hybridized carbons (Fsp3) is 0.500. The van der Waals surface area contributed by atoms with Gasteiger partial charge in [-0.05, 0) is 32.4 Å². The minimum absolute atomic E-state index is 0.205. The first-order valence-electron chi connectivity index (χ1n) is 8.05. The van der Waals surface area contributed by atoms with Crippen LogP contribution in [-0.4, -0.2) is 39.5 Å². The molecule has 0 saturated heterocycles. The summed E-state index contributed by atoms with van der Waals surface area (Å²) < 4.78 is 2.09. The van der Waals surface area contributed by atoms with Crippen LogP contribution in [0.3, 0.4) is 0 Å². The van der Waals surface area contributed by atoms with Gasteiger partial charge >= 0.3 is 0 Å². The smallest absolute Gasteiger partial charge is 0.0662 e. The average molecular weight is 301 g/mol. The van der Waals surface area contributed by atoms with Gasteiger partial charge in [0.25, 0.3) is 0 Å². The Labute approximate surface area is 133 Å². The third kappa shape index (κ3) is 4.18. The highest BCUT2D eigenvalue weighted by Gasteiger charge is 2.14. The van der Waals surface area contributed by atoms with Crippen molar-refractivity contribution in [3.8, 4) is 0 Å². The Kier molecular flexibility index (Phi) is 6.16.